The average molecular weight is 418 g/mol. The molecule has 3 aromatic carbocycles. The lowest BCUT2D eigenvalue weighted by Crippen LogP contribution is -2.20. The molecule has 0 aliphatic heterocycles. The molecule has 0 atom stereocenters. The van der Waals surface area contributed by atoms with Crippen LogP contribution in [0.15, 0.2) is 84.0 Å². The van der Waals surface area contributed by atoms with Crippen molar-refractivity contribution in [2.45, 2.75) is 6.92 Å². The lowest BCUT2D eigenvalue weighted by atomic mass is 10.0. The summed E-state index contributed by atoms with van der Waals surface area (Å²) in [6.07, 6.45) is 0. The van der Waals surface area contributed by atoms with Crippen LogP contribution in [-0.2, 0) is 0 Å². The second-order valence-electron chi connectivity index (χ2n) is 6.72. The van der Waals surface area contributed by atoms with Gasteiger partial charge in [-0.1, -0.05) is 41.9 Å². The summed E-state index contributed by atoms with van der Waals surface area (Å²) >= 11 is 5.92. The molecule has 4 aromatic rings. The summed E-state index contributed by atoms with van der Waals surface area (Å²) in [5.41, 5.74) is 6.53. The fraction of sp³-hybridized carbons (Fsp3) is 0.0417. The van der Waals surface area contributed by atoms with Crippen molar-refractivity contribution in [2.75, 3.05) is 0 Å². The van der Waals surface area contributed by atoms with Crippen molar-refractivity contribution in [3.05, 3.63) is 101 Å². The molecule has 0 unspecified atom stereocenters. The van der Waals surface area contributed by atoms with E-state index in [2.05, 4.69) is 15.5 Å². The Morgan fingerprint density at radius 3 is 2.43 bits per heavy atom. The molecule has 0 bridgehead atoms. The van der Waals surface area contributed by atoms with Gasteiger partial charge in [-0.25, -0.2) is 14.8 Å². The molecule has 0 fully saturated rings. The molecule has 0 radical (unpaired) electrons. The summed E-state index contributed by atoms with van der Waals surface area (Å²) in [4.78, 5) is 17.6. The summed E-state index contributed by atoms with van der Waals surface area (Å²) in [6, 6.07) is 22.3. The van der Waals surface area contributed by atoms with E-state index in [1.54, 1.807) is 37.3 Å². The minimum Gasteiger partial charge on any atom is -0.267 e. The first-order valence-corrected chi connectivity index (χ1v) is 9.65. The molecular formula is C24H17ClFN3O. The molecule has 1 N–H and O–H groups in total. The van der Waals surface area contributed by atoms with Crippen LogP contribution in [0.4, 0.5) is 4.39 Å². The van der Waals surface area contributed by atoms with Crippen LogP contribution in [0.1, 0.15) is 22.8 Å². The van der Waals surface area contributed by atoms with Crippen molar-refractivity contribution >= 4 is 34.1 Å². The summed E-state index contributed by atoms with van der Waals surface area (Å²) in [5, 5.41) is 5.57. The summed E-state index contributed by atoms with van der Waals surface area (Å²) in [7, 11) is 0. The van der Waals surface area contributed by atoms with E-state index in [0.717, 1.165) is 11.1 Å². The highest BCUT2D eigenvalue weighted by molar-refractivity contribution is 6.30. The Balaban J connectivity index is 1.70. The van der Waals surface area contributed by atoms with Crippen molar-refractivity contribution in [3.8, 4) is 11.3 Å². The molecule has 0 saturated heterocycles. The number of nitrogens with zero attached hydrogens (tertiary/aromatic N) is 2. The van der Waals surface area contributed by atoms with E-state index in [0.29, 0.717) is 32.9 Å². The fourth-order valence-electron chi connectivity index (χ4n) is 3.08. The van der Waals surface area contributed by atoms with E-state index in [-0.39, 0.29) is 11.7 Å². The molecule has 1 amide bonds. The van der Waals surface area contributed by atoms with Gasteiger partial charge in [-0.15, -0.1) is 0 Å². The maximum Gasteiger partial charge on any atom is 0.272 e. The van der Waals surface area contributed by atoms with E-state index in [1.165, 1.54) is 12.1 Å². The second-order valence-corrected chi connectivity index (χ2v) is 7.16. The largest absolute Gasteiger partial charge is 0.272 e. The fourth-order valence-corrected chi connectivity index (χ4v) is 3.21. The maximum atomic E-state index is 13.3. The molecule has 6 heteroatoms. The van der Waals surface area contributed by atoms with Crippen LogP contribution in [0.2, 0.25) is 5.02 Å². The van der Waals surface area contributed by atoms with E-state index < -0.39 is 0 Å². The summed E-state index contributed by atoms with van der Waals surface area (Å²) in [5.74, 6) is -0.685. The van der Waals surface area contributed by atoms with Gasteiger partial charge in [-0.2, -0.15) is 5.10 Å². The number of amides is 1. The standard InChI is InChI=1S/C24H17ClFN3O/c1-15(16-6-10-18(25)11-7-16)28-29-24(30)21-14-23(17-8-12-19(26)13-9-17)27-22-5-3-2-4-20(21)22/h2-14H,1H3,(H,29,30). The van der Waals surface area contributed by atoms with Gasteiger partial charge in [0.2, 0.25) is 0 Å². The maximum absolute atomic E-state index is 13.3. The molecule has 1 aromatic heterocycles. The molecule has 0 saturated carbocycles. The molecule has 148 valence electrons. The Hall–Kier alpha value is -3.57. The van der Waals surface area contributed by atoms with E-state index >= 15 is 0 Å². The van der Waals surface area contributed by atoms with E-state index in [1.807, 2.05) is 36.4 Å². The van der Waals surface area contributed by atoms with Gasteiger partial charge in [0.25, 0.3) is 5.91 Å². The van der Waals surface area contributed by atoms with Gasteiger partial charge >= 0.3 is 0 Å². The van der Waals surface area contributed by atoms with E-state index in [9.17, 15) is 9.18 Å². The van der Waals surface area contributed by atoms with Gasteiger partial charge in [-0.3, -0.25) is 4.79 Å². The third kappa shape index (κ3) is 4.21. The summed E-state index contributed by atoms with van der Waals surface area (Å²) < 4.78 is 13.3. The zero-order chi connectivity index (χ0) is 21.1. The number of fused-ring (bicyclic) bond motifs is 1. The SMILES string of the molecule is CC(=NNC(=O)c1cc(-c2ccc(F)cc2)nc2ccccc12)c1ccc(Cl)cc1. The molecule has 0 spiro atoms. The highest BCUT2D eigenvalue weighted by atomic mass is 35.5. The zero-order valence-corrected chi connectivity index (χ0v) is 16.8. The van der Waals surface area contributed by atoms with Crippen molar-refractivity contribution in [2.24, 2.45) is 5.10 Å². The van der Waals surface area contributed by atoms with Gasteiger partial charge in [0.05, 0.1) is 22.5 Å². The molecule has 0 aliphatic rings. The Morgan fingerprint density at radius 1 is 1.00 bits per heavy atom. The smallest absolute Gasteiger partial charge is 0.267 e. The third-order valence-corrected chi connectivity index (χ3v) is 4.94. The van der Waals surface area contributed by atoms with Crippen LogP contribution in [0, 0.1) is 5.82 Å². The highest BCUT2D eigenvalue weighted by Gasteiger charge is 2.14. The molecular weight excluding hydrogens is 401 g/mol. The van der Waals surface area contributed by atoms with Gasteiger partial charge in [0.15, 0.2) is 0 Å². The summed E-state index contributed by atoms with van der Waals surface area (Å²) in [6.45, 7) is 1.80. The lowest BCUT2D eigenvalue weighted by Gasteiger charge is -2.09. The topological polar surface area (TPSA) is 54.4 Å². The van der Waals surface area contributed by atoms with Crippen LogP contribution in [0.3, 0.4) is 0 Å². The predicted molar refractivity (Wildman–Crippen MR) is 118 cm³/mol. The van der Waals surface area contributed by atoms with Crippen LogP contribution < -0.4 is 5.43 Å². The number of carbonyl (C=O) groups excluding carboxylic acids is 1. The number of benzene rings is 3. The van der Waals surface area contributed by atoms with Crippen LogP contribution in [-0.4, -0.2) is 16.6 Å². The minimum atomic E-state index is -0.356. The van der Waals surface area contributed by atoms with Crippen molar-refractivity contribution in [3.63, 3.8) is 0 Å². The van der Waals surface area contributed by atoms with Crippen molar-refractivity contribution < 1.29 is 9.18 Å². The highest BCUT2D eigenvalue weighted by Crippen LogP contribution is 2.25. The van der Waals surface area contributed by atoms with Crippen molar-refractivity contribution in [1.82, 2.24) is 10.4 Å². The molecule has 1 heterocycles. The molecule has 4 nitrogen and oxygen atoms in total. The number of para-hydroxylation sites is 1. The Labute approximate surface area is 178 Å². The van der Waals surface area contributed by atoms with E-state index in [4.69, 9.17) is 11.6 Å². The average Bonchev–Trinajstić information content (AvgIpc) is 2.77. The number of pyridine rings is 1. The number of nitrogens with one attached hydrogen (secondary N) is 1. The van der Waals surface area contributed by atoms with Crippen LogP contribution >= 0.6 is 11.6 Å². The zero-order valence-electron chi connectivity index (χ0n) is 16.1. The Bertz CT molecular complexity index is 1250. The minimum absolute atomic E-state index is 0.329. The molecule has 4 rings (SSSR count). The third-order valence-electron chi connectivity index (χ3n) is 4.69. The number of hydrazone groups is 1. The lowest BCUT2D eigenvalue weighted by molar-refractivity contribution is 0.0956. The molecule has 0 aliphatic carbocycles. The molecule has 30 heavy (non-hydrogen) atoms. The number of halogens is 2. The number of hydrogen-bond acceptors (Lipinski definition) is 3. The first kappa shape index (κ1) is 19.7. The van der Waals surface area contributed by atoms with Crippen LogP contribution in [0.25, 0.3) is 22.2 Å². The first-order valence-electron chi connectivity index (χ1n) is 9.27. The van der Waals surface area contributed by atoms with Gasteiger partial charge in [-0.05, 0) is 61.0 Å². The quantitative estimate of drug-likeness (QED) is 0.334. The predicted octanol–water partition coefficient (Wildman–Crippen LogP) is 5.85. The number of aromatic nitrogens is 1. The number of rotatable bonds is 4. The van der Waals surface area contributed by atoms with Gasteiger partial charge in [0.1, 0.15) is 5.82 Å². The normalized spacial score (nSPS) is 11.5. The monoisotopic (exact) mass is 417 g/mol. The Kier molecular flexibility index (Phi) is 5.55. The van der Waals surface area contributed by atoms with Crippen molar-refractivity contribution in [1.29, 1.82) is 0 Å². The van der Waals surface area contributed by atoms with Crippen LogP contribution in [0.5, 0.6) is 0 Å². The number of hydrogen-bond donors (Lipinski definition) is 1. The van der Waals surface area contributed by atoms with Gasteiger partial charge in [0, 0.05) is 16.0 Å². The first-order chi connectivity index (χ1) is 14.5. The second kappa shape index (κ2) is 8.43. The number of carbonyl (C=O) groups is 1. The van der Waals surface area contributed by atoms with Gasteiger partial charge < -0.3 is 0 Å². The Morgan fingerprint density at radius 2 is 1.70 bits per heavy atom.